The standard InChI is InChI=1S/C23H26N4O5/c1-4-30-19-14-16(15-20(31-5-2)21(19)32-6-3)22(28)24-25-23(29)18-12-13-27(26-18)17-10-8-7-9-11-17/h7-15H,4-6H2,1-3H3,(H,24,28)(H,25,29). The molecule has 9 nitrogen and oxygen atoms in total. The second-order valence-corrected chi connectivity index (χ2v) is 6.49. The molecule has 2 amide bonds. The number of benzene rings is 2. The molecule has 32 heavy (non-hydrogen) atoms. The van der Waals surface area contributed by atoms with Crippen molar-refractivity contribution >= 4 is 11.8 Å². The molecular weight excluding hydrogens is 412 g/mol. The van der Waals surface area contributed by atoms with Crippen molar-refractivity contribution in [2.24, 2.45) is 0 Å². The van der Waals surface area contributed by atoms with Gasteiger partial charge in [0.1, 0.15) is 0 Å². The summed E-state index contributed by atoms with van der Waals surface area (Å²) in [7, 11) is 0. The molecular formula is C23H26N4O5. The molecule has 0 fully saturated rings. The Balaban J connectivity index is 1.72. The molecule has 0 saturated heterocycles. The zero-order valence-electron chi connectivity index (χ0n) is 18.3. The van der Waals surface area contributed by atoms with Crippen LogP contribution in [-0.2, 0) is 0 Å². The number of carbonyl (C=O) groups excluding carboxylic acids is 2. The molecule has 0 aliphatic heterocycles. The van der Waals surface area contributed by atoms with Crippen LogP contribution in [0.25, 0.3) is 5.69 Å². The van der Waals surface area contributed by atoms with Crippen LogP contribution in [0.4, 0.5) is 0 Å². The van der Waals surface area contributed by atoms with E-state index in [-0.39, 0.29) is 11.3 Å². The van der Waals surface area contributed by atoms with Crippen molar-refractivity contribution in [2.75, 3.05) is 19.8 Å². The molecule has 0 aliphatic rings. The average molecular weight is 438 g/mol. The second kappa shape index (κ2) is 10.9. The van der Waals surface area contributed by atoms with Crippen molar-refractivity contribution in [3.05, 3.63) is 66.0 Å². The van der Waals surface area contributed by atoms with Crippen molar-refractivity contribution in [1.29, 1.82) is 0 Å². The molecule has 9 heteroatoms. The summed E-state index contributed by atoms with van der Waals surface area (Å²) in [4.78, 5) is 25.1. The van der Waals surface area contributed by atoms with Gasteiger partial charge in [0.25, 0.3) is 11.8 Å². The first-order valence-corrected chi connectivity index (χ1v) is 10.4. The molecule has 2 N–H and O–H groups in total. The van der Waals surface area contributed by atoms with Crippen LogP contribution in [0.2, 0.25) is 0 Å². The smallest absolute Gasteiger partial charge is 0.290 e. The first-order chi connectivity index (χ1) is 15.6. The van der Waals surface area contributed by atoms with E-state index in [1.54, 1.807) is 29.1 Å². The van der Waals surface area contributed by atoms with Crippen LogP contribution in [0, 0.1) is 0 Å². The molecule has 0 bridgehead atoms. The maximum Gasteiger partial charge on any atom is 0.290 e. The van der Waals surface area contributed by atoms with Crippen molar-refractivity contribution < 1.29 is 23.8 Å². The number of nitrogens with zero attached hydrogens (tertiary/aromatic N) is 2. The van der Waals surface area contributed by atoms with Crippen LogP contribution in [-0.4, -0.2) is 41.4 Å². The molecule has 0 aliphatic carbocycles. The zero-order valence-corrected chi connectivity index (χ0v) is 18.3. The summed E-state index contributed by atoms with van der Waals surface area (Å²) in [6.45, 7) is 6.70. The highest BCUT2D eigenvalue weighted by molar-refractivity contribution is 5.99. The quantitative estimate of drug-likeness (QED) is 0.498. The predicted molar refractivity (Wildman–Crippen MR) is 118 cm³/mol. The lowest BCUT2D eigenvalue weighted by Crippen LogP contribution is -2.41. The van der Waals surface area contributed by atoms with E-state index in [1.165, 1.54) is 0 Å². The second-order valence-electron chi connectivity index (χ2n) is 6.49. The third-order valence-electron chi connectivity index (χ3n) is 4.30. The predicted octanol–water partition coefficient (Wildman–Crippen LogP) is 3.14. The van der Waals surface area contributed by atoms with E-state index in [2.05, 4.69) is 16.0 Å². The van der Waals surface area contributed by atoms with Gasteiger partial charge in [0.15, 0.2) is 17.2 Å². The van der Waals surface area contributed by atoms with Gasteiger partial charge in [-0.2, -0.15) is 5.10 Å². The highest BCUT2D eigenvalue weighted by Crippen LogP contribution is 2.39. The molecule has 0 atom stereocenters. The van der Waals surface area contributed by atoms with E-state index in [1.807, 2.05) is 51.1 Å². The maximum atomic E-state index is 12.7. The molecule has 1 aromatic heterocycles. The van der Waals surface area contributed by atoms with Crippen LogP contribution >= 0.6 is 0 Å². The normalized spacial score (nSPS) is 10.3. The van der Waals surface area contributed by atoms with E-state index < -0.39 is 11.8 Å². The van der Waals surface area contributed by atoms with Crippen LogP contribution in [0.3, 0.4) is 0 Å². The van der Waals surface area contributed by atoms with Gasteiger partial charge < -0.3 is 14.2 Å². The minimum Gasteiger partial charge on any atom is -0.490 e. The largest absolute Gasteiger partial charge is 0.490 e. The highest BCUT2D eigenvalue weighted by atomic mass is 16.5. The van der Waals surface area contributed by atoms with Crippen LogP contribution < -0.4 is 25.1 Å². The molecule has 2 aromatic carbocycles. The van der Waals surface area contributed by atoms with Crippen LogP contribution in [0.15, 0.2) is 54.7 Å². The summed E-state index contributed by atoms with van der Waals surface area (Å²) >= 11 is 0. The van der Waals surface area contributed by atoms with Gasteiger partial charge in [0, 0.05) is 11.8 Å². The third-order valence-corrected chi connectivity index (χ3v) is 4.30. The Bertz CT molecular complexity index is 1040. The van der Waals surface area contributed by atoms with Gasteiger partial charge in [0.05, 0.1) is 25.5 Å². The van der Waals surface area contributed by atoms with Crippen molar-refractivity contribution in [3.63, 3.8) is 0 Å². The lowest BCUT2D eigenvalue weighted by molar-refractivity contribution is 0.0843. The Morgan fingerprint density at radius 1 is 0.844 bits per heavy atom. The first-order valence-electron chi connectivity index (χ1n) is 10.4. The Hall–Kier alpha value is -4.01. The molecule has 0 saturated carbocycles. The molecule has 0 radical (unpaired) electrons. The van der Waals surface area contributed by atoms with Crippen molar-refractivity contribution in [2.45, 2.75) is 20.8 Å². The third kappa shape index (κ3) is 5.37. The van der Waals surface area contributed by atoms with Gasteiger partial charge in [-0.05, 0) is 51.1 Å². The van der Waals surface area contributed by atoms with Gasteiger partial charge in [0.2, 0.25) is 5.75 Å². The summed E-state index contributed by atoms with van der Waals surface area (Å²) in [5.74, 6) is 0.125. The summed E-state index contributed by atoms with van der Waals surface area (Å²) in [5, 5.41) is 4.24. The van der Waals surface area contributed by atoms with Crippen LogP contribution in [0.1, 0.15) is 41.6 Å². The van der Waals surface area contributed by atoms with Gasteiger partial charge in [-0.25, -0.2) is 4.68 Å². The first kappa shape index (κ1) is 22.7. The number of aromatic nitrogens is 2. The number of nitrogens with one attached hydrogen (secondary N) is 2. The Labute approximate surface area is 186 Å². The summed E-state index contributed by atoms with van der Waals surface area (Å²) < 4.78 is 18.5. The summed E-state index contributed by atoms with van der Waals surface area (Å²) in [5.41, 5.74) is 5.99. The molecule has 168 valence electrons. The molecule has 3 aromatic rings. The number of ether oxygens (including phenoxy) is 3. The fourth-order valence-electron chi connectivity index (χ4n) is 2.94. The van der Waals surface area contributed by atoms with E-state index >= 15 is 0 Å². The average Bonchev–Trinajstić information content (AvgIpc) is 3.30. The Morgan fingerprint density at radius 3 is 2.03 bits per heavy atom. The maximum absolute atomic E-state index is 12.7. The molecule has 0 unspecified atom stereocenters. The minimum atomic E-state index is -0.547. The van der Waals surface area contributed by atoms with Gasteiger partial charge in [-0.15, -0.1) is 0 Å². The van der Waals surface area contributed by atoms with E-state index in [0.29, 0.717) is 37.1 Å². The Kier molecular flexibility index (Phi) is 7.69. The number of para-hydroxylation sites is 1. The fraction of sp³-hybridized carbons (Fsp3) is 0.261. The van der Waals surface area contributed by atoms with E-state index in [9.17, 15) is 9.59 Å². The molecule has 3 rings (SSSR count). The molecule has 0 spiro atoms. The van der Waals surface area contributed by atoms with Gasteiger partial charge in [-0.3, -0.25) is 20.4 Å². The minimum absolute atomic E-state index is 0.158. The monoisotopic (exact) mass is 438 g/mol. The fourth-order valence-corrected chi connectivity index (χ4v) is 2.94. The SMILES string of the molecule is CCOc1cc(C(=O)NNC(=O)c2ccn(-c3ccccc3)n2)cc(OCC)c1OCC. The molecule has 1 heterocycles. The van der Waals surface area contributed by atoms with Crippen molar-refractivity contribution in [1.82, 2.24) is 20.6 Å². The number of amides is 2. The summed E-state index contributed by atoms with van der Waals surface area (Å²) in [6.07, 6.45) is 1.67. The Morgan fingerprint density at radius 2 is 1.44 bits per heavy atom. The number of carbonyl (C=O) groups is 2. The zero-order chi connectivity index (χ0) is 22.9. The number of rotatable bonds is 9. The number of hydrogen-bond donors (Lipinski definition) is 2. The van der Waals surface area contributed by atoms with E-state index in [4.69, 9.17) is 14.2 Å². The lowest BCUT2D eigenvalue weighted by Gasteiger charge is -2.17. The summed E-state index contributed by atoms with van der Waals surface area (Å²) in [6, 6.07) is 14.0. The number of hydrogen-bond acceptors (Lipinski definition) is 6. The van der Waals surface area contributed by atoms with Crippen LogP contribution in [0.5, 0.6) is 17.2 Å². The van der Waals surface area contributed by atoms with Gasteiger partial charge in [-0.1, -0.05) is 18.2 Å². The van der Waals surface area contributed by atoms with Gasteiger partial charge >= 0.3 is 0 Å². The number of hydrazine groups is 1. The van der Waals surface area contributed by atoms with Crippen molar-refractivity contribution in [3.8, 4) is 22.9 Å². The highest BCUT2D eigenvalue weighted by Gasteiger charge is 2.19. The lowest BCUT2D eigenvalue weighted by atomic mass is 10.1. The van der Waals surface area contributed by atoms with E-state index in [0.717, 1.165) is 5.69 Å². The topological polar surface area (TPSA) is 104 Å².